The van der Waals surface area contributed by atoms with Gasteiger partial charge in [-0.3, -0.25) is 9.25 Å². The molecular weight excluding hydrogens is 307 g/mol. The van der Waals surface area contributed by atoms with E-state index in [9.17, 15) is 0 Å². The molecule has 0 radical (unpaired) electrons. The summed E-state index contributed by atoms with van der Waals surface area (Å²) in [5.41, 5.74) is 3.88. The molecule has 0 aliphatic heterocycles. The van der Waals surface area contributed by atoms with E-state index in [-0.39, 0.29) is 0 Å². The maximum atomic E-state index is 6.28. The second-order valence-electron chi connectivity index (χ2n) is 4.90. The molecule has 0 bridgehead atoms. The Bertz CT molecular complexity index is 788. The first-order valence-electron chi connectivity index (χ1n) is 6.90. The monoisotopic (exact) mass is 322 g/mol. The van der Waals surface area contributed by atoms with Crippen LogP contribution in [0.4, 0.5) is 0 Å². The molecule has 0 atom stereocenters. The summed E-state index contributed by atoms with van der Waals surface area (Å²) in [6.45, 7) is 2.10. The van der Waals surface area contributed by atoms with Gasteiger partial charge < -0.3 is 0 Å². The molecule has 21 heavy (non-hydrogen) atoms. The van der Waals surface area contributed by atoms with Gasteiger partial charge in [-0.25, -0.2) is 4.98 Å². The zero-order valence-corrected chi connectivity index (χ0v) is 13.5. The van der Waals surface area contributed by atoms with E-state index in [1.54, 1.807) is 0 Å². The third kappa shape index (κ3) is 2.43. The van der Waals surface area contributed by atoms with Crippen molar-refractivity contribution in [3.05, 3.63) is 40.9 Å². The van der Waals surface area contributed by atoms with E-state index < -0.39 is 0 Å². The Morgan fingerprint density at radius 1 is 1.29 bits per heavy atom. The van der Waals surface area contributed by atoms with E-state index in [2.05, 4.69) is 21.6 Å². The highest BCUT2D eigenvalue weighted by atomic mass is 35.5. The van der Waals surface area contributed by atoms with Crippen molar-refractivity contribution in [1.82, 2.24) is 19.3 Å². The second kappa shape index (κ2) is 5.70. The molecule has 0 saturated heterocycles. The Hall–Kier alpha value is -1.52. The molecule has 0 fully saturated rings. The molecule has 0 aliphatic carbocycles. The van der Waals surface area contributed by atoms with Crippen molar-refractivity contribution >= 4 is 34.2 Å². The summed E-state index contributed by atoms with van der Waals surface area (Å²) in [5, 5.41) is 5.17. The molecule has 3 aromatic rings. The lowest BCUT2D eigenvalue weighted by Crippen LogP contribution is -2.03. The summed E-state index contributed by atoms with van der Waals surface area (Å²) in [5.74, 6) is 1.43. The quantitative estimate of drug-likeness (QED) is 0.686. The Balaban J connectivity index is 2.33. The Labute approximate surface area is 133 Å². The van der Waals surface area contributed by atoms with Gasteiger partial charge in [0.25, 0.3) is 0 Å². The number of nitrogens with zero attached hydrogens (tertiary/aromatic N) is 4. The van der Waals surface area contributed by atoms with Gasteiger partial charge in [-0.1, -0.05) is 24.6 Å². The lowest BCUT2D eigenvalue weighted by Gasteiger charge is -2.07. The van der Waals surface area contributed by atoms with Gasteiger partial charge in [0.05, 0.1) is 21.9 Å². The first-order valence-corrected chi connectivity index (χ1v) is 7.81. The molecule has 4 nitrogen and oxygen atoms in total. The minimum atomic E-state index is 0.517. The van der Waals surface area contributed by atoms with Crippen LogP contribution in [-0.2, 0) is 19.9 Å². The third-order valence-corrected chi connectivity index (χ3v) is 3.98. The Kier molecular flexibility index (Phi) is 3.91. The van der Waals surface area contributed by atoms with E-state index >= 15 is 0 Å². The number of fused-ring (bicyclic) bond motifs is 1. The fourth-order valence-corrected chi connectivity index (χ4v) is 2.98. The highest BCUT2D eigenvalue weighted by Gasteiger charge is 2.17. The van der Waals surface area contributed by atoms with Gasteiger partial charge in [0.1, 0.15) is 11.3 Å². The van der Waals surface area contributed by atoms with Crippen molar-refractivity contribution in [3.63, 3.8) is 0 Å². The van der Waals surface area contributed by atoms with Crippen molar-refractivity contribution in [2.75, 3.05) is 5.88 Å². The fraction of sp³-hybridized carbons (Fsp3) is 0.333. The van der Waals surface area contributed by atoms with Crippen LogP contribution in [-0.4, -0.2) is 25.2 Å². The fourth-order valence-electron chi connectivity index (χ4n) is 2.59. The van der Waals surface area contributed by atoms with Crippen LogP contribution in [0.25, 0.3) is 16.7 Å². The molecule has 1 aromatic carbocycles. The van der Waals surface area contributed by atoms with E-state index in [1.807, 2.05) is 36.1 Å². The van der Waals surface area contributed by atoms with E-state index in [0.29, 0.717) is 17.3 Å². The van der Waals surface area contributed by atoms with Crippen LogP contribution in [0.5, 0.6) is 0 Å². The average Bonchev–Trinajstić information content (AvgIpc) is 3.00. The molecule has 2 heterocycles. The van der Waals surface area contributed by atoms with Crippen LogP contribution in [0.1, 0.15) is 18.4 Å². The number of benzene rings is 1. The number of hydrogen-bond donors (Lipinski definition) is 0. The summed E-state index contributed by atoms with van der Waals surface area (Å²) in [7, 11) is 1.93. The predicted molar refractivity (Wildman–Crippen MR) is 86.6 cm³/mol. The number of imidazole rings is 1. The first-order chi connectivity index (χ1) is 10.2. The number of rotatable bonds is 4. The van der Waals surface area contributed by atoms with Crippen molar-refractivity contribution in [1.29, 1.82) is 0 Å². The highest BCUT2D eigenvalue weighted by Crippen LogP contribution is 2.28. The number of aromatic nitrogens is 4. The van der Waals surface area contributed by atoms with Crippen LogP contribution >= 0.6 is 23.2 Å². The molecule has 3 rings (SSSR count). The molecule has 0 saturated carbocycles. The minimum Gasteiger partial charge on any atom is -0.293 e. The first kappa shape index (κ1) is 14.4. The van der Waals surface area contributed by atoms with Gasteiger partial charge in [-0.2, -0.15) is 5.10 Å². The smallest absolute Gasteiger partial charge is 0.115 e. The minimum absolute atomic E-state index is 0.517. The summed E-state index contributed by atoms with van der Waals surface area (Å²) < 4.78 is 3.95. The molecule has 2 aromatic heterocycles. The van der Waals surface area contributed by atoms with Crippen LogP contribution in [0.3, 0.4) is 0 Å². The largest absolute Gasteiger partial charge is 0.293 e. The van der Waals surface area contributed by atoms with E-state index in [1.165, 1.54) is 0 Å². The molecule has 0 aliphatic rings. The van der Waals surface area contributed by atoms with Crippen molar-refractivity contribution < 1.29 is 0 Å². The van der Waals surface area contributed by atoms with Gasteiger partial charge in [-0.05, 0) is 18.6 Å². The van der Waals surface area contributed by atoms with E-state index in [0.717, 1.165) is 34.7 Å². The number of halogens is 2. The van der Waals surface area contributed by atoms with Crippen LogP contribution < -0.4 is 0 Å². The summed E-state index contributed by atoms with van der Waals surface area (Å²) in [4.78, 5) is 4.67. The van der Waals surface area contributed by atoms with Crippen molar-refractivity contribution in [2.45, 2.75) is 19.8 Å². The summed E-state index contributed by atoms with van der Waals surface area (Å²) in [6, 6.07) is 5.82. The summed E-state index contributed by atoms with van der Waals surface area (Å²) >= 11 is 12.2. The molecular formula is C15H16Cl2N4. The molecule has 110 valence electrons. The number of para-hydroxylation sites is 1. The Morgan fingerprint density at radius 2 is 2.10 bits per heavy atom. The maximum absolute atomic E-state index is 6.28. The Morgan fingerprint density at radius 3 is 2.81 bits per heavy atom. The van der Waals surface area contributed by atoms with Gasteiger partial charge >= 0.3 is 0 Å². The number of aryl methyl sites for hydroxylation is 3. The lowest BCUT2D eigenvalue weighted by atomic mass is 10.2. The average molecular weight is 323 g/mol. The standard InChI is InChI=1S/C15H16Cl2N4/c1-3-11-13(9-20(2)19-11)21-12-6-4-5-10(17)15(12)18-14(21)7-8-16/h4-6,9H,3,7-8H2,1-2H3. The molecule has 0 spiro atoms. The maximum Gasteiger partial charge on any atom is 0.115 e. The molecule has 6 heteroatoms. The van der Waals surface area contributed by atoms with E-state index in [4.69, 9.17) is 23.2 Å². The summed E-state index contributed by atoms with van der Waals surface area (Å²) in [6.07, 6.45) is 3.56. The van der Waals surface area contributed by atoms with Crippen molar-refractivity contribution in [3.8, 4) is 5.69 Å². The molecule has 0 N–H and O–H groups in total. The lowest BCUT2D eigenvalue weighted by molar-refractivity contribution is 0.746. The van der Waals surface area contributed by atoms with Gasteiger partial charge in [0.15, 0.2) is 0 Å². The zero-order chi connectivity index (χ0) is 15.0. The molecule has 0 amide bonds. The number of hydrogen-bond acceptors (Lipinski definition) is 2. The number of alkyl halides is 1. The highest BCUT2D eigenvalue weighted by molar-refractivity contribution is 6.35. The van der Waals surface area contributed by atoms with Crippen LogP contribution in [0.2, 0.25) is 5.02 Å². The van der Waals surface area contributed by atoms with Crippen molar-refractivity contribution in [2.24, 2.45) is 7.05 Å². The van der Waals surface area contributed by atoms with Gasteiger partial charge in [0, 0.05) is 25.5 Å². The zero-order valence-electron chi connectivity index (χ0n) is 12.0. The third-order valence-electron chi connectivity index (χ3n) is 3.48. The van der Waals surface area contributed by atoms with Crippen LogP contribution in [0.15, 0.2) is 24.4 Å². The van der Waals surface area contributed by atoms with Gasteiger partial charge in [0.2, 0.25) is 0 Å². The second-order valence-corrected chi connectivity index (χ2v) is 5.68. The normalized spacial score (nSPS) is 11.4. The topological polar surface area (TPSA) is 35.6 Å². The molecule has 0 unspecified atom stereocenters. The van der Waals surface area contributed by atoms with Crippen LogP contribution in [0, 0.1) is 0 Å². The predicted octanol–water partition coefficient (Wildman–Crippen LogP) is 3.76. The van der Waals surface area contributed by atoms with Gasteiger partial charge in [-0.15, -0.1) is 11.6 Å². The SMILES string of the molecule is CCc1nn(C)cc1-n1c(CCCl)nc2c(Cl)cccc21.